The molecule has 0 saturated carbocycles. The lowest BCUT2D eigenvalue weighted by Gasteiger charge is -2.15. The number of carbonyl (C=O) groups is 1. The highest BCUT2D eigenvalue weighted by Gasteiger charge is 2.31. The van der Waals surface area contributed by atoms with Crippen molar-refractivity contribution in [1.82, 2.24) is 5.48 Å². The summed E-state index contributed by atoms with van der Waals surface area (Å²) < 4.78 is 58.2. The van der Waals surface area contributed by atoms with Gasteiger partial charge >= 0.3 is 6.36 Å². The number of nitrogens with one attached hydrogen (secondary N) is 1. The molecule has 178 valence electrons. The molecule has 2 aromatic carbocycles. The predicted molar refractivity (Wildman–Crippen MR) is 117 cm³/mol. The minimum absolute atomic E-state index is 0.0495. The number of hydrogen-bond donors (Lipinski definition) is 2. The Balaban J connectivity index is 1.96. The topological polar surface area (TPSA) is 90.2 Å². The first-order chi connectivity index (χ1) is 16.2. The Kier molecular flexibility index (Phi) is 7.64. The number of rotatable bonds is 9. The molecule has 0 aliphatic carbocycles. The molecule has 3 aromatic rings. The van der Waals surface area contributed by atoms with Crippen LogP contribution in [0.1, 0.15) is 18.1 Å². The Hall–Kier alpha value is -4.18. The lowest BCUT2D eigenvalue weighted by Crippen LogP contribution is -2.17. The van der Waals surface area contributed by atoms with E-state index in [1.807, 2.05) is 0 Å². The van der Waals surface area contributed by atoms with Crippen molar-refractivity contribution in [3.05, 3.63) is 84.4 Å². The fourth-order valence-electron chi connectivity index (χ4n) is 2.83. The van der Waals surface area contributed by atoms with Crippen LogP contribution in [-0.2, 0) is 11.4 Å². The zero-order chi connectivity index (χ0) is 24.7. The molecule has 1 aromatic heterocycles. The summed E-state index contributed by atoms with van der Waals surface area (Å²) in [5.41, 5.74) is 3.57. The van der Waals surface area contributed by atoms with Crippen LogP contribution in [0.4, 0.5) is 13.2 Å². The molecule has 10 heteroatoms. The number of furan rings is 1. The summed E-state index contributed by atoms with van der Waals surface area (Å²) in [5, 5.41) is 9.43. The van der Waals surface area contributed by atoms with Crippen molar-refractivity contribution in [2.24, 2.45) is 0 Å². The van der Waals surface area contributed by atoms with E-state index in [1.165, 1.54) is 48.3 Å². The quantitative estimate of drug-likeness (QED) is 0.132. The molecule has 7 nitrogen and oxygen atoms in total. The number of hydrogen-bond acceptors (Lipinski definition) is 6. The van der Waals surface area contributed by atoms with Crippen LogP contribution in [-0.4, -0.2) is 17.5 Å². The predicted octanol–water partition coefficient (Wildman–Crippen LogP) is 5.90. The molecule has 1 amide bonds. The van der Waals surface area contributed by atoms with Crippen molar-refractivity contribution in [2.45, 2.75) is 19.9 Å². The Bertz CT molecular complexity index is 1230. The maximum absolute atomic E-state index is 12.4. The van der Waals surface area contributed by atoms with Gasteiger partial charge in [-0.25, -0.2) is 5.48 Å². The Morgan fingerprint density at radius 1 is 1.18 bits per heavy atom. The fourth-order valence-corrected chi connectivity index (χ4v) is 2.83. The largest absolute Gasteiger partial charge is 0.573 e. The second kappa shape index (κ2) is 10.6. The van der Waals surface area contributed by atoms with Crippen molar-refractivity contribution >= 4 is 23.0 Å². The van der Waals surface area contributed by atoms with E-state index < -0.39 is 12.3 Å². The van der Waals surface area contributed by atoms with E-state index in [-0.39, 0.29) is 23.9 Å². The lowest BCUT2D eigenvalue weighted by atomic mass is 10.1. The summed E-state index contributed by atoms with van der Waals surface area (Å²) >= 11 is 0. The normalized spacial score (nSPS) is 11.8. The van der Waals surface area contributed by atoms with Gasteiger partial charge in [-0.15, -0.1) is 13.2 Å². The number of benzene rings is 2. The second-order valence-electron chi connectivity index (χ2n) is 7.02. The van der Waals surface area contributed by atoms with E-state index in [4.69, 9.17) is 19.1 Å². The van der Waals surface area contributed by atoms with Crippen LogP contribution < -0.4 is 19.7 Å². The van der Waals surface area contributed by atoms with E-state index in [9.17, 15) is 18.0 Å². The van der Waals surface area contributed by atoms with Gasteiger partial charge in [0.2, 0.25) is 5.75 Å². The van der Waals surface area contributed by atoms with Crippen molar-refractivity contribution in [1.29, 1.82) is 0 Å². The first-order valence-corrected chi connectivity index (χ1v) is 9.79. The third-order valence-corrected chi connectivity index (χ3v) is 4.28. The molecule has 3 rings (SSSR count). The van der Waals surface area contributed by atoms with Crippen LogP contribution in [0.5, 0.6) is 17.2 Å². The molecular formula is C24H20F3NO6. The van der Waals surface area contributed by atoms with Crippen LogP contribution in [0, 0.1) is 0 Å². The van der Waals surface area contributed by atoms with Gasteiger partial charge in [-0.05, 0) is 48.9 Å². The third-order valence-electron chi connectivity index (χ3n) is 4.28. The van der Waals surface area contributed by atoms with E-state index in [0.717, 1.165) is 11.6 Å². The number of amides is 1. The monoisotopic (exact) mass is 475 g/mol. The molecule has 0 aliphatic heterocycles. The lowest BCUT2D eigenvalue weighted by molar-refractivity contribution is -0.274. The molecule has 0 aliphatic rings. The zero-order valence-corrected chi connectivity index (χ0v) is 17.9. The SMILES string of the molecule is C=C(C)C=COc1c(OCc2ccc(OC(F)(F)F)cc2)c(/C=C/C(=O)NO)cc2ccoc12. The van der Waals surface area contributed by atoms with E-state index in [0.29, 0.717) is 22.1 Å². The number of halogens is 3. The number of alkyl halides is 3. The molecule has 0 spiro atoms. The maximum atomic E-state index is 12.4. The Morgan fingerprint density at radius 2 is 1.91 bits per heavy atom. The summed E-state index contributed by atoms with van der Waals surface area (Å²) in [5.74, 6) is -0.712. The Morgan fingerprint density at radius 3 is 2.56 bits per heavy atom. The Labute approximate surface area is 192 Å². The minimum atomic E-state index is -4.79. The van der Waals surface area contributed by atoms with Gasteiger partial charge in [-0.2, -0.15) is 0 Å². The summed E-state index contributed by atoms with van der Waals surface area (Å²) in [4.78, 5) is 11.5. The number of carbonyl (C=O) groups excluding carboxylic acids is 1. The van der Waals surface area contributed by atoms with E-state index in [2.05, 4.69) is 11.3 Å². The molecule has 0 atom stereocenters. The molecule has 0 saturated heterocycles. The summed E-state index contributed by atoms with van der Waals surface area (Å²) in [6, 6.07) is 8.55. The molecule has 2 N–H and O–H groups in total. The average Bonchev–Trinajstić information content (AvgIpc) is 3.24. The van der Waals surface area contributed by atoms with Crippen LogP contribution in [0.2, 0.25) is 0 Å². The van der Waals surface area contributed by atoms with Gasteiger partial charge < -0.3 is 18.6 Å². The van der Waals surface area contributed by atoms with Crippen molar-refractivity contribution < 1.29 is 41.8 Å². The van der Waals surface area contributed by atoms with Crippen LogP contribution in [0.25, 0.3) is 17.0 Å². The highest BCUT2D eigenvalue weighted by molar-refractivity contribution is 5.94. The minimum Gasteiger partial charge on any atom is -0.484 e. The van der Waals surface area contributed by atoms with Gasteiger partial charge in [0.1, 0.15) is 12.4 Å². The molecule has 0 radical (unpaired) electrons. The highest BCUT2D eigenvalue weighted by atomic mass is 19.4. The van der Waals surface area contributed by atoms with Gasteiger partial charge in [-0.3, -0.25) is 10.0 Å². The van der Waals surface area contributed by atoms with Gasteiger partial charge in [0.05, 0.1) is 12.5 Å². The third kappa shape index (κ3) is 6.66. The number of allylic oxidation sites excluding steroid dienone is 2. The van der Waals surface area contributed by atoms with E-state index >= 15 is 0 Å². The maximum Gasteiger partial charge on any atom is 0.573 e. The van der Waals surface area contributed by atoms with Crippen LogP contribution >= 0.6 is 0 Å². The molecule has 1 heterocycles. The number of hydroxylamine groups is 1. The zero-order valence-electron chi connectivity index (χ0n) is 17.9. The molecule has 0 bridgehead atoms. The van der Waals surface area contributed by atoms with Crippen molar-refractivity contribution in [3.8, 4) is 17.2 Å². The summed E-state index contributed by atoms with van der Waals surface area (Å²) in [6.45, 7) is 5.49. The number of fused-ring (bicyclic) bond motifs is 1. The fraction of sp³-hybridized carbons (Fsp3) is 0.125. The average molecular weight is 475 g/mol. The van der Waals surface area contributed by atoms with Gasteiger partial charge in [-0.1, -0.05) is 24.3 Å². The smallest absolute Gasteiger partial charge is 0.484 e. The van der Waals surface area contributed by atoms with Crippen molar-refractivity contribution in [2.75, 3.05) is 0 Å². The van der Waals surface area contributed by atoms with Crippen LogP contribution in [0.3, 0.4) is 0 Å². The number of ether oxygens (including phenoxy) is 3. The standard InChI is InChI=1S/C24H20F3NO6/c1-15(2)9-11-32-23-21-18(10-12-31-21)13-17(5-8-20(29)28-30)22(23)33-14-16-3-6-19(7-4-16)34-24(25,26)27/h3-13,30H,1,14H2,2H3,(H,28,29)/b8-5+,11-9?. The molecule has 0 fully saturated rings. The van der Waals surface area contributed by atoms with Gasteiger partial charge in [0.15, 0.2) is 11.3 Å². The van der Waals surface area contributed by atoms with E-state index in [1.54, 1.807) is 25.1 Å². The highest BCUT2D eigenvalue weighted by Crippen LogP contribution is 2.41. The summed E-state index contributed by atoms with van der Waals surface area (Å²) in [6.07, 6.45) is 2.18. The van der Waals surface area contributed by atoms with Crippen molar-refractivity contribution in [3.63, 3.8) is 0 Å². The molecule has 34 heavy (non-hydrogen) atoms. The second-order valence-corrected chi connectivity index (χ2v) is 7.02. The van der Waals surface area contributed by atoms with Gasteiger partial charge in [0, 0.05) is 17.0 Å². The molecular weight excluding hydrogens is 455 g/mol. The van der Waals surface area contributed by atoms with Gasteiger partial charge in [0.25, 0.3) is 5.91 Å². The van der Waals surface area contributed by atoms with Crippen LogP contribution in [0.15, 0.2) is 77.6 Å². The first kappa shape index (κ1) is 24.5. The summed E-state index contributed by atoms with van der Waals surface area (Å²) in [7, 11) is 0. The molecule has 0 unspecified atom stereocenters. The first-order valence-electron chi connectivity index (χ1n) is 9.79.